The number of fused-ring (bicyclic) bond motifs is 1. The minimum Gasteiger partial charge on any atom is -0.482 e. The normalized spacial score (nSPS) is 14.3. The highest BCUT2D eigenvalue weighted by molar-refractivity contribution is 5.96. The van der Waals surface area contributed by atoms with Crippen molar-refractivity contribution >= 4 is 17.5 Å². The monoisotopic (exact) mass is 341 g/mol. The van der Waals surface area contributed by atoms with E-state index in [9.17, 15) is 9.59 Å². The van der Waals surface area contributed by atoms with E-state index in [1.165, 1.54) is 0 Å². The summed E-state index contributed by atoms with van der Waals surface area (Å²) in [4.78, 5) is 24.1. The zero-order valence-corrected chi connectivity index (χ0v) is 15.0. The highest BCUT2D eigenvalue weighted by Gasteiger charge is 2.20. The minimum atomic E-state index is -0.193. The maximum Gasteiger partial charge on any atom is 0.262 e. The molecule has 1 aromatic heterocycles. The molecule has 1 atom stereocenters. The molecule has 2 N–H and O–H groups in total. The Morgan fingerprint density at radius 2 is 2.12 bits per heavy atom. The van der Waals surface area contributed by atoms with Crippen LogP contribution >= 0.6 is 0 Å². The molecule has 1 aromatic carbocycles. The van der Waals surface area contributed by atoms with E-state index in [0.29, 0.717) is 17.0 Å². The van der Waals surface area contributed by atoms with Crippen LogP contribution in [0.15, 0.2) is 24.3 Å². The maximum absolute atomic E-state index is 12.7. The van der Waals surface area contributed by atoms with Crippen molar-refractivity contribution in [3.05, 3.63) is 46.8 Å². The molecular weight excluding hydrogens is 318 g/mol. The smallest absolute Gasteiger partial charge is 0.262 e. The van der Waals surface area contributed by atoms with E-state index >= 15 is 0 Å². The Morgan fingerprint density at radius 1 is 1.36 bits per heavy atom. The summed E-state index contributed by atoms with van der Waals surface area (Å²) < 4.78 is 7.48. The fourth-order valence-electron chi connectivity index (χ4n) is 3.25. The Kier molecular flexibility index (Phi) is 4.53. The number of carbonyl (C=O) groups excluding carboxylic acids is 2. The standard InChI is InChI=1S/C19H23N3O3/c1-5-22-11(2)8-15(13(22)4)19(24)20-12(3)14-6-7-17-16(9-14)21-18(23)10-25-17/h6-9,12H,5,10H2,1-4H3,(H,20,24)(H,21,23). The number of amides is 2. The second kappa shape index (κ2) is 6.63. The third kappa shape index (κ3) is 3.24. The van der Waals surface area contributed by atoms with Crippen LogP contribution in [-0.2, 0) is 11.3 Å². The molecule has 2 aromatic rings. The molecule has 1 aliphatic rings. The summed E-state index contributed by atoms with van der Waals surface area (Å²) in [6.45, 7) is 8.82. The molecular formula is C19H23N3O3. The number of nitrogens with one attached hydrogen (secondary N) is 2. The lowest BCUT2D eigenvalue weighted by atomic mass is 10.1. The number of anilines is 1. The van der Waals surface area contributed by atoms with E-state index in [1.54, 1.807) is 0 Å². The molecule has 6 heteroatoms. The van der Waals surface area contributed by atoms with Gasteiger partial charge in [0, 0.05) is 17.9 Å². The van der Waals surface area contributed by atoms with Crippen LogP contribution in [0.2, 0.25) is 0 Å². The van der Waals surface area contributed by atoms with Gasteiger partial charge in [-0.05, 0) is 51.5 Å². The number of hydrogen-bond donors (Lipinski definition) is 2. The van der Waals surface area contributed by atoms with Gasteiger partial charge in [-0.15, -0.1) is 0 Å². The first-order valence-corrected chi connectivity index (χ1v) is 8.45. The number of rotatable bonds is 4. The highest BCUT2D eigenvalue weighted by atomic mass is 16.5. The molecule has 0 aliphatic carbocycles. The van der Waals surface area contributed by atoms with Gasteiger partial charge < -0.3 is 19.9 Å². The van der Waals surface area contributed by atoms with E-state index in [-0.39, 0.29) is 24.5 Å². The van der Waals surface area contributed by atoms with Gasteiger partial charge in [-0.1, -0.05) is 6.07 Å². The maximum atomic E-state index is 12.7. The van der Waals surface area contributed by atoms with Crippen LogP contribution in [0.1, 0.15) is 47.2 Å². The molecule has 25 heavy (non-hydrogen) atoms. The van der Waals surface area contributed by atoms with Crippen molar-refractivity contribution in [2.75, 3.05) is 11.9 Å². The van der Waals surface area contributed by atoms with Crippen molar-refractivity contribution in [3.8, 4) is 5.75 Å². The average Bonchev–Trinajstić information content (AvgIpc) is 2.88. The van der Waals surface area contributed by atoms with Gasteiger partial charge in [-0.3, -0.25) is 9.59 Å². The molecule has 0 fully saturated rings. The Balaban J connectivity index is 1.78. The number of hydrogen-bond acceptors (Lipinski definition) is 3. The van der Waals surface area contributed by atoms with E-state index in [0.717, 1.165) is 23.5 Å². The van der Waals surface area contributed by atoms with Crippen LogP contribution in [-0.4, -0.2) is 23.0 Å². The number of ether oxygens (including phenoxy) is 1. The molecule has 0 radical (unpaired) electrons. The Labute approximate surface area is 147 Å². The topological polar surface area (TPSA) is 72.4 Å². The van der Waals surface area contributed by atoms with Crippen LogP contribution in [0.25, 0.3) is 0 Å². The average molecular weight is 341 g/mol. The molecule has 0 saturated heterocycles. The Bertz CT molecular complexity index is 839. The number of carbonyl (C=O) groups is 2. The zero-order valence-electron chi connectivity index (χ0n) is 15.0. The summed E-state index contributed by atoms with van der Waals surface area (Å²) in [5.74, 6) is 0.375. The van der Waals surface area contributed by atoms with Crippen molar-refractivity contribution < 1.29 is 14.3 Å². The van der Waals surface area contributed by atoms with Crippen LogP contribution < -0.4 is 15.4 Å². The third-order valence-electron chi connectivity index (χ3n) is 4.62. The highest BCUT2D eigenvalue weighted by Crippen LogP contribution is 2.30. The Hall–Kier alpha value is -2.76. The van der Waals surface area contributed by atoms with Gasteiger partial charge in [0.15, 0.2) is 6.61 Å². The summed E-state index contributed by atoms with van der Waals surface area (Å²) in [5, 5.41) is 5.82. The molecule has 2 amide bonds. The molecule has 6 nitrogen and oxygen atoms in total. The second-order valence-electron chi connectivity index (χ2n) is 6.32. The molecule has 132 valence electrons. The third-order valence-corrected chi connectivity index (χ3v) is 4.62. The van der Waals surface area contributed by atoms with Crippen molar-refractivity contribution in [3.63, 3.8) is 0 Å². The van der Waals surface area contributed by atoms with Gasteiger partial charge in [0.25, 0.3) is 11.8 Å². The van der Waals surface area contributed by atoms with E-state index in [2.05, 4.69) is 22.1 Å². The first-order chi connectivity index (χ1) is 11.9. The predicted molar refractivity (Wildman–Crippen MR) is 96.0 cm³/mol. The lowest BCUT2D eigenvalue weighted by Crippen LogP contribution is -2.28. The molecule has 0 bridgehead atoms. The fraction of sp³-hybridized carbons (Fsp3) is 0.368. The summed E-state index contributed by atoms with van der Waals surface area (Å²) in [5.41, 5.74) is 4.28. The fourth-order valence-corrected chi connectivity index (χ4v) is 3.25. The summed E-state index contributed by atoms with van der Waals surface area (Å²) >= 11 is 0. The largest absolute Gasteiger partial charge is 0.482 e. The van der Waals surface area contributed by atoms with Crippen molar-refractivity contribution in [1.29, 1.82) is 0 Å². The number of nitrogens with zero attached hydrogens (tertiary/aromatic N) is 1. The minimum absolute atomic E-state index is 0.0334. The molecule has 0 spiro atoms. The van der Waals surface area contributed by atoms with Gasteiger partial charge in [0.2, 0.25) is 0 Å². The number of aryl methyl sites for hydroxylation is 1. The summed E-state index contributed by atoms with van der Waals surface area (Å²) in [6.07, 6.45) is 0. The van der Waals surface area contributed by atoms with Gasteiger partial charge >= 0.3 is 0 Å². The van der Waals surface area contributed by atoms with Crippen LogP contribution in [0.5, 0.6) is 5.75 Å². The number of benzene rings is 1. The SMILES string of the molecule is CCn1c(C)cc(C(=O)NC(C)c2ccc3c(c2)NC(=O)CO3)c1C. The number of aromatic nitrogens is 1. The summed E-state index contributed by atoms with van der Waals surface area (Å²) in [6, 6.07) is 7.28. The second-order valence-corrected chi connectivity index (χ2v) is 6.32. The van der Waals surface area contributed by atoms with Crippen LogP contribution in [0.4, 0.5) is 5.69 Å². The lowest BCUT2D eigenvalue weighted by molar-refractivity contribution is -0.118. The van der Waals surface area contributed by atoms with Crippen molar-refractivity contribution in [2.24, 2.45) is 0 Å². The molecule has 2 heterocycles. The first-order valence-electron chi connectivity index (χ1n) is 8.45. The molecule has 3 rings (SSSR count). The van der Waals surface area contributed by atoms with Crippen molar-refractivity contribution in [2.45, 2.75) is 40.3 Å². The van der Waals surface area contributed by atoms with Gasteiger partial charge in [-0.2, -0.15) is 0 Å². The lowest BCUT2D eigenvalue weighted by Gasteiger charge is -2.21. The first kappa shape index (κ1) is 17.1. The van der Waals surface area contributed by atoms with Crippen molar-refractivity contribution in [1.82, 2.24) is 9.88 Å². The molecule has 0 saturated carbocycles. The predicted octanol–water partition coefficient (Wildman–Crippen LogP) is 2.95. The summed E-state index contributed by atoms with van der Waals surface area (Å²) in [7, 11) is 0. The van der Waals surface area contributed by atoms with Crippen LogP contribution in [0.3, 0.4) is 0 Å². The van der Waals surface area contributed by atoms with Gasteiger partial charge in [0.05, 0.1) is 17.3 Å². The Morgan fingerprint density at radius 3 is 2.80 bits per heavy atom. The van der Waals surface area contributed by atoms with E-state index in [1.807, 2.05) is 45.0 Å². The van der Waals surface area contributed by atoms with Gasteiger partial charge in [-0.25, -0.2) is 0 Å². The quantitative estimate of drug-likeness (QED) is 0.898. The van der Waals surface area contributed by atoms with Gasteiger partial charge in [0.1, 0.15) is 5.75 Å². The van der Waals surface area contributed by atoms with Crippen LogP contribution in [0, 0.1) is 13.8 Å². The molecule has 1 unspecified atom stereocenters. The van der Waals surface area contributed by atoms with E-state index < -0.39 is 0 Å². The van der Waals surface area contributed by atoms with E-state index in [4.69, 9.17) is 4.74 Å². The molecule has 1 aliphatic heterocycles. The zero-order chi connectivity index (χ0) is 18.1.